The summed E-state index contributed by atoms with van der Waals surface area (Å²) in [6.45, 7) is 16.6. The molecule has 4 aliphatic carbocycles. The fourth-order valence-corrected chi connectivity index (χ4v) is 6.81. The summed E-state index contributed by atoms with van der Waals surface area (Å²) in [7, 11) is 0. The van der Waals surface area contributed by atoms with Gasteiger partial charge in [0.05, 0.1) is 17.3 Å². The van der Waals surface area contributed by atoms with E-state index in [1.54, 1.807) is 6.92 Å². The molecule has 0 radical (unpaired) electrons. The second-order valence-electron chi connectivity index (χ2n) is 14.7. The zero-order valence-electron chi connectivity index (χ0n) is 24.3. The first kappa shape index (κ1) is 29.0. The minimum absolute atomic E-state index is 0.0942. The van der Waals surface area contributed by atoms with Gasteiger partial charge in [-0.1, -0.05) is 6.92 Å². The topological polar surface area (TPSA) is 78.9 Å². The maximum Gasteiger partial charge on any atom is 0.312 e. The molecule has 0 aromatic rings. The highest BCUT2D eigenvalue weighted by molar-refractivity contribution is 5.84. The van der Waals surface area contributed by atoms with E-state index in [-0.39, 0.29) is 18.0 Å². The average molecular weight is 507 g/mol. The molecule has 6 heteroatoms. The lowest BCUT2D eigenvalue weighted by Gasteiger charge is -2.56. The summed E-state index contributed by atoms with van der Waals surface area (Å²) in [6.07, 6.45) is 8.16. The Morgan fingerprint density at radius 3 is 1.56 bits per heavy atom. The number of rotatable bonds is 9. The highest BCUT2D eigenvalue weighted by Gasteiger charge is 2.54. The predicted octanol–water partition coefficient (Wildman–Crippen LogP) is 6.77. The summed E-state index contributed by atoms with van der Waals surface area (Å²) in [5, 5.41) is 0. The van der Waals surface area contributed by atoms with Gasteiger partial charge in [-0.15, -0.1) is 0 Å². The van der Waals surface area contributed by atoms with E-state index in [1.165, 1.54) is 19.3 Å². The number of ether oxygens (including phenoxy) is 3. The van der Waals surface area contributed by atoms with Gasteiger partial charge in [0.1, 0.15) is 16.8 Å². The van der Waals surface area contributed by atoms with Crippen molar-refractivity contribution in [1.82, 2.24) is 0 Å². The standard InChI is InChI=1S/C30H50O6/c1-10-28(8,24(32)36-30-16-20-13-21(17-30)15-22(14-20)18-30)11-12-29(9,25(33)35-27(5,6)7)19-23(31)34-26(2,3)4/h20-22H,10-19H2,1-9H3. The van der Waals surface area contributed by atoms with Crippen LogP contribution >= 0.6 is 0 Å². The Labute approximate surface area is 218 Å². The van der Waals surface area contributed by atoms with Gasteiger partial charge < -0.3 is 14.2 Å². The summed E-state index contributed by atoms with van der Waals surface area (Å²) in [6, 6.07) is 0. The predicted molar refractivity (Wildman–Crippen MR) is 139 cm³/mol. The Kier molecular flexibility index (Phi) is 8.00. The lowest BCUT2D eigenvalue weighted by atomic mass is 9.54. The fourth-order valence-electron chi connectivity index (χ4n) is 6.81. The van der Waals surface area contributed by atoms with E-state index in [0.717, 1.165) is 19.3 Å². The Morgan fingerprint density at radius 1 is 0.694 bits per heavy atom. The van der Waals surface area contributed by atoms with Crippen LogP contribution in [-0.2, 0) is 28.6 Å². The van der Waals surface area contributed by atoms with E-state index >= 15 is 0 Å². The third-order valence-electron chi connectivity index (χ3n) is 8.64. The molecule has 0 heterocycles. The van der Waals surface area contributed by atoms with Crippen LogP contribution < -0.4 is 0 Å². The van der Waals surface area contributed by atoms with E-state index in [2.05, 4.69) is 0 Å². The van der Waals surface area contributed by atoms with Gasteiger partial charge in [-0.2, -0.15) is 0 Å². The molecule has 4 bridgehead atoms. The van der Waals surface area contributed by atoms with Crippen LogP contribution in [-0.4, -0.2) is 34.7 Å². The van der Waals surface area contributed by atoms with Crippen LogP contribution in [0, 0.1) is 28.6 Å². The molecule has 4 rings (SSSR count). The van der Waals surface area contributed by atoms with Crippen molar-refractivity contribution >= 4 is 17.9 Å². The number of hydrogen-bond acceptors (Lipinski definition) is 6. The first-order valence-corrected chi connectivity index (χ1v) is 14.0. The summed E-state index contributed by atoms with van der Waals surface area (Å²) in [4.78, 5) is 39.8. The molecule has 4 saturated carbocycles. The monoisotopic (exact) mass is 506 g/mol. The van der Waals surface area contributed by atoms with Crippen molar-refractivity contribution in [3.63, 3.8) is 0 Å². The fraction of sp³-hybridized carbons (Fsp3) is 0.900. The van der Waals surface area contributed by atoms with Gasteiger partial charge in [-0.25, -0.2) is 0 Å². The van der Waals surface area contributed by atoms with Crippen LogP contribution in [0.5, 0.6) is 0 Å². The first-order valence-electron chi connectivity index (χ1n) is 14.0. The zero-order chi connectivity index (χ0) is 27.2. The van der Waals surface area contributed by atoms with Crippen molar-refractivity contribution in [3.05, 3.63) is 0 Å². The highest BCUT2D eigenvalue weighted by atomic mass is 16.6. The van der Waals surface area contributed by atoms with E-state index < -0.39 is 34.0 Å². The molecule has 206 valence electrons. The Bertz CT molecular complexity index is 811. The van der Waals surface area contributed by atoms with Crippen molar-refractivity contribution in [2.24, 2.45) is 28.6 Å². The smallest absolute Gasteiger partial charge is 0.312 e. The van der Waals surface area contributed by atoms with Crippen LogP contribution in [0.4, 0.5) is 0 Å². The molecular formula is C30H50O6. The van der Waals surface area contributed by atoms with Crippen LogP contribution in [0.1, 0.15) is 127 Å². The largest absolute Gasteiger partial charge is 0.460 e. The quantitative estimate of drug-likeness (QED) is 0.253. The van der Waals surface area contributed by atoms with Gasteiger partial charge in [0.15, 0.2) is 0 Å². The molecule has 0 saturated heterocycles. The van der Waals surface area contributed by atoms with Crippen LogP contribution in [0.2, 0.25) is 0 Å². The van der Waals surface area contributed by atoms with Gasteiger partial charge in [0.25, 0.3) is 0 Å². The molecule has 36 heavy (non-hydrogen) atoms. The number of carbonyl (C=O) groups is 3. The summed E-state index contributed by atoms with van der Waals surface area (Å²) >= 11 is 0. The molecule has 2 atom stereocenters. The number of esters is 3. The van der Waals surface area contributed by atoms with Crippen LogP contribution in [0.15, 0.2) is 0 Å². The molecule has 0 aliphatic heterocycles. The Morgan fingerprint density at radius 2 is 1.14 bits per heavy atom. The van der Waals surface area contributed by atoms with E-state index in [9.17, 15) is 14.4 Å². The van der Waals surface area contributed by atoms with Gasteiger partial charge in [-0.3, -0.25) is 14.4 Å². The van der Waals surface area contributed by atoms with Crippen molar-refractivity contribution in [2.45, 2.75) is 143 Å². The maximum absolute atomic E-state index is 13.7. The Hall–Kier alpha value is -1.59. The van der Waals surface area contributed by atoms with Crippen molar-refractivity contribution in [2.75, 3.05) is 0 Å². The zero-order valence-corrected chi connectivity index (χ0v) is 24.3. The second kappa shape index (κ2) is 9.94. The highest BCUT2D eigenvalue weighted by Crippen LogP contribution is 2.57. The molecule has 2 unspecified atom stereocenters. The van der Waals surface area contributed by atoms with E-state index in [1.807, 2.05) is 55.4 Å². The summed E-state index contributed by atoms with van der Waals surface area (Å²) < 4.78 is 17.7. The van der Waals surface area contributed by atoms with Gasteiger partial charge in [0.2, 0.25) is 0 Å². The molecule has 0 aromatic heterocycles. The van der Waals surface area contributed by atoms with E-state index in [0.29, 0.717) is 37.0 Å². The molecular weight excluding hydrogens is 456 g/mol. The normalized spacial score (nSPS) is 30.8. The molecule has 0 N–H and O–H groups in total. The number of carbonyl (C=O) groups excluding carboxylic acids is 3. The van der Waals surface area contributed by atoms with Gasteiger partial charge in [0, 0.05) is 0 Å². The molecule has 0 amide bonds. The number of hydrogen-bond donors (Lipinski definition) is 0. The minimum atomic E-state index is -1.10. The first-order chi connectivity index (χ1) is 16.4. The molecule has 4 fully saturated rings. The molecule has 6 nitrogen and oxygen atoms in total. The minimum Gasteiger partial charge on any atom is -0.460 e. The van der Waals surface area contributed by atoms with Gasteiger partial charge >= 0.3 is 17.9 Å². The molecule has 0 aromatic carbocycles. The van der Waals surface area contributed by atoms with Crippen LogP contribution in [0.25, 0.3) is 0 Å². The SMILES string of the molecule is CCC(C)(CCC(C)(CC(=O)OC(C)(C)C)C(=O)OC(C)(C)C)C(=O)OC12CC3CC(CC(C3)C1)C2. The third-order valence-corrected chi connectivity index (χ3v) is 8.64. The lowest BCUT2D eigenvalue weighted by Crippen LogP contribution is -2.54. The van der Waals surface area contributed by atoms with Gasteiger partial charge in [-0.05, 0) is 131 Å². The van der Waals surface area contributed by atoms with E-state index in [4.69, 9.17) is 14.2 Å². The maximum atomic E-state index is 13.7. The summed E-state index contributed by atoms with van der Waals surface area (Å²) in [5.74, 6) is 1.05. The lowest BCUT2D eigenvalue weighted by molar-refractivity contribution is -0.198. The van der Waals surface area contributed by atoms with Crippen molar-refractivity contribution in [3.8, 4) is 0 Å². The third kappa shape index (κ3) is 7.04. The van der Waals surface area contributed by atoms with Crippen molar-refractivity contribution in [1.29, 1.82) is 0 Å². The molecule has 0 spiro atoms. The van der Waals surface area contributed by atoms with Crippen molar-refractivity contribution < 1.29 is 28.6 Å². The Balaban J connectivity index is 1.73. The summed E-state index contributed by atoms with van der Waals surface area (Å²) in [5.41, 5.74) is -3.47. The second-order valence-corrected chi connectivity index (χ2v) is 14.7. The molecule has 4 aliphatic rings. The van der Waals surface area contributed by atoms with Crippen LogP contribution in [0.3, 0.4) is 0 Å². The average Bonchev–Trinajstić information content (AvgIpc) is 2.67.